The molecule has 6 rings (SSSR count). The first-order valence-electron chi connectivity index (χ1n) is 17.7. The second-order valence-electron chi connectivity index (χ2n) is 14.2. The molecule has 6 amide bonds. The summed E-state index contributed by atoms with van der Waals surface area (Å²) in [5, 5.41) is 0. The summed E-state index contributed by atoms with van der Waals surface area (Å²) in [5.74, 6) is -2.78. The summed E-state index contributed by atoms with van der Waals surface area (Å²) in [6.07, 6.45) is 17.4. The minimum atomic E-state index is -0.989. The predicted molar refractivity (Wildman–Crippen MR) is 162 cm³/mol. The highest BCUT2D eigenvalue weighted by Gasteiger charge is 2.53. The van der Waals surface area contributed by atoms with Crippen molar-refractivity contribution in [2.75, 3.05) is 0 Å². The lowest BCUT2D eigenvalue weighted by Gasteiger charge is -2.41. The second kappa shape index (κ2) is 13.7. The van der Waals surface area contributed by atoms with Crippen molar-refractivity contribution in [2.45, 2.75) is 178 Å². The van der Waals surface area contributed by atoms with Crippen LogP contribution in [0.15, 0.2) is 0 Å². The summed E-state index contributed by atoms with van der Waals surface area (Å²) in [6, 6.07) is -2.87. The monoisotopic (exact) mass is 610 g/mol. The topological polar surface area (TPSA) is 115 Å². The Balaban J connectivity index is 1.29. The molecule has 0 aromatic heterocycles. The van der Waals surface area contributed by atoms with Gasteiger partial charge in [0.1, 0.15) is 12.1 Å². The summed E-state index contributed by atoms with van der Waals surface area (Å²) < 4.78 is 0. The number of nitrogens with zero attached hydrogens (tertiary/aromatic N) is 4. The summed E-state index contributed by atoms with van der Waals surface area (Å²) in [7, 11) is 0. The molecule has 0 bridgehead atoms. The molecule has 2 saturated heterocycles. The van der Waals surface area contributed by atoms with Crippen molar-refractivity contribution in [2.24, 2.45) is 0 Å². The maximum Gasteiger partial charge on any atom is 0.313 e. The number of hydrogen-bond donors (Lipinski definition) is 0. The van der Waals surface area contributed by atoms with Gasteiger partial charge in [-0.25, -0.2) is 0 Å². The first-order chi connectivity index (χ1) is 21.4. The van der Waals surface area contributed by atoms with Gasteiger partial charge in [0.15, 0.2) is 0 Å². The summed E-state index contributed by atoms with van der Waals surface area (Å²) in [4.78, 5) is 89.3. The summed E-state index contributed by atoms with van der Waals surface area (Å²) >= 11 is 0. The molecule has 0 N–H and O–H groups in total. The van der Waals surface area contributed by atoms with E-state index in [0.29, 0.717) is 25.7 Å². The molecule has 0 spiro atoms. The van der Waals surface area contributed by atoms with E-state index in [2.05, 4.69) is 0 Å². The van der Waals surface area contributed by atoms with Gasteiger partial charge >= 0.3 is 11.8 Å². The van der Waals surface area contributed by atoms with E-state index in [9.17, 15) is 28.8 Å². The average Bonchev–Trinajstić information content (AvgIpc) is 3.51. The molecule has 0 radical (unpaired) electrons. The minimum Gasteiger partial charge on any atom is -0.319 e. The number of rotatable bonds is 6. The SMILES string of the molecule is O=C1C[C@H](N(C(=O)C(=O)N(C2CCCCC2)[C@H]2CC(=O)N(C3CCCCC3)C2=O)C2CCCCC2)C(=O)N1C1CCCCC1. The maximum atomic E-state index is 14.5. The van der Waals surface area contributed by atoms with E-state index in [4.69, 9.17) is 0 Å². The van der Waals surface area contributed by atoms with Crippen LogP contribution < -0.4 is 0 Å². The largest absolute Gasteiger partial charge is 0.319 e. The predicted octanol–water partition coefficient (Wildman–Crippen LogP) is 4.23. The Morgan fingerprint density at radius 3 is 1.07 bits per heavy atom. The van der Waals surface area contributed by atoms with Crippen LogP contribution in [0.25, 0.3) is 0 Å². The highest BCUT2D eigenvalue weighted by atomic mass is 16.2. The zero-order valence-corrected chi connectivity index (χ0v) is 26.3. The Bertz CT molecular complexity index is 1040. The van der Waals surface area contributed by atoms with Crippen LogP contribution in [0.2, 0.25) is 0 Å². The molecule has 10 heteroatoms. The zero-order chi connectivity index (χ0) is 30.8. The van der Waals surface area contributed by atoms with E-state index in [1.807, 2.05) is 0 Å². The molecular weight excluding hydrogens is 560 g/mol. The lowest BCUT2D eigenvalue weighted by Crippen LogP contribution is -2.60. The third-order valence-electron chi connectivity index (χ3n) is 11.5. The van der Waals surface area contributed by atoms with Crippen LogP contribution in [0.5, 0.6) is 0 Å². The highest BCUT2D eigenvalue weighted by molar-refractivity contribution is 6.36. The van der Waals surface area contributed by atoms with Crippen molar-refractivity contribution in [3.05, 3.63) is 0 Å². The molecule has 0 unspecified atom stereocenters. The van der Waals surface area contributed by atoms with Gasteiger partial charge in [-0.15, -0.1) is 0 Å². The van der Waals surface area contributed by atoms with Crippen LogP contribution in [0.4, 0.5) is 0 Å². The molecule has 6 fully saturated rings. The third-order valence-corrected chi connectivity index (χ3v) is 11.5. The quantitative estimate of drug-likeness (QED) is 0.328. The molecule has 2 heterocycles. The fourth-order valence-corrected chi connectivity index (χ4v) is 9.21. The third kappa shape index (κ3) is 6.06. The zero-order valence-electron chi connectivity index (χ0n) is 26.3. The Morgan fingerprint density at radius 2 is 0.750 bits per heavy atom. The van der Waals surface area contributed by atoms with Gasteiger partial charge in [-0.3, -0.25) is 38.6 Å². The van der Waals surface area contributed by atoms with Crippen molar-refractivity contribution < 1.29 is 28.8 Å². The molecule has 4 saturated carbocycles. The molecule has 0 aromatic rings. The van der Waals surface area contributed by atoms with Gasteiger partial charge in [0.25, 0.3) is 11.8 Å². The van der Waals surface area contributed by atoms with Crippen LogP contribution in [-0.2, 0) is 28.8 Å². The van der Waals surface area contributed by atoms with E-state index in [0.717, 1.165) is 103 Å². The molecular formula is C34H50N4O6. The fourth-order valence-electron chi connectivity index (χ4n) is 9.21. The van der Waals surface area contributed by atoms with Gasteiger partial charge in [0.2, 0.25) is 11.8 Å². The molecule has 242 valence electrons. The molecule has 2 aliphatic heterocycles. The van der Waals surface area contributed by atoms with Crippen molar-refractivity contribution in [1.82, 2.24) is 19.6 Å². The van der Waals surface area contributed by atoms with Crippen molar-refractivity contribution in [1.29, 1.82) is 0 Å². The lowest BCUT2D eigenvalue weighted by atomic mass is 9.91. The van der Waals surface area contributed by atoms with Crippen molar-refractivity contribution in [3.8, 4) is 0 Å². The van der Waals surface area contributed by atoms with Crippen LogP contribution in [0.1, 0.15) is 141 Å². The maximum absolute atomic E-state index is 14.5. The molecule has 44 heavy (non-hydrogen) atoms. The fraction of sp³-hybridized carbons (Fsp3) is 0.824. The molecule has 4 aliphatic carbocycles. The van der Waals surface area contributed by atoms with Gasteiger partial charge in [-0.1, -0.05) is 77.0 Å². The second-order valence-corrected chi connectivity index (χ2v) is 14.2. The Labute approximate surface area is 261 Å². The van der Waals surface area contributed by atoms with Crippen LogP contribution in [0, 0.1) is 0 Å². The molecule has 10 nitrogen and oxygen atoms in total. The summed E-state index contributed by atoms with van der Waals surface area (Å²) in [6.45, 7) is 0. The molecule has 2 atom stereocenters. The number of carbonyl (C=O) groups excluding carboxylic acids is 6. The Hall–Kier alpha value is -2.78. The lowest BCUT2D eigenvalue weighted by molar-refractivity contribution is -0.162. The minimum absolute atomic E-state index is 0.0927. The van der Waals surface area contributed by atoms with E-state index >= 15 is 0 Å². The number of likely N-dealkylation sites (tertiary alicyclic amines) is 2. The number of amides is 6. The van der Waals surface area contributed by atoms with Crippen molar-refractivity contribution >= 4 is 35.4 Å². The van der Waals surface area contributed by atoms with Gasteiger partial charge in [0, 0.05) is 24.2 Å². The normalized spacial score (nSPS) is 28.6. The van der Waals surface area contributed by atoms with E-state index in [-0.39, 0.29) is 60.6 Å². The first kappa shape index (κ1) is 31.2. The number of imide groups is 2. The van der Waals surface area contributed by atoms with Crippen LogP contribution in [0.3, 0.4) is 0 Å². The standard InChI is InChI=1S/C34H50N4O6/c39-29-21-27(31(41)37(29)25-17-9-3-10-18-25)35(23-13-5-1-6-14-23)33(43)34(44)36(24-15-7-2-8-16-24)28-22-30(40)38(32(28)42)26-19-11-4-12-20-26/h23-28H,1-22H2/t27-,28-/m0/s1. The summed E-state index contributed by atoms with van der Waals surface area (Å²) in [5.41, 5.74) is 0. The number of carbonyl (C=O) groups is 6. The molecule has 0 aromatic carbocycles. The first-order valence-corrected chi connectivity index (χ1v) is 17.7. The van der Waals surface area contributed by atoms with Crippen molar-refractivity contribution in [3.63, 3.8) is 0 Å². The van der Waals surface area contributed by atoms with Gasteiger partial charge in [-0.05, 0) is 51.4 Å². The van der Waals surface area contributed by atoms with Gasteiger partial charge in [0.05, 0.1) is 12.8 Å². The van der Waals surface area contributed by atoms with E-state index < -0.39 is 23.9 Å². The Kier molecular flexibility index (Phi) is 9.71. The smallest absolute Gasteiger partial charge is 0.313 e. The van der Waals surface area contributed by atoms with E-state index in [1.54, 1.807) is 0 Å². The van der Waals surface area contributed by atoms with Gasteiger partial charge in [-0.2, -0.15) is 0 Å². The number of hydrogen-bond acceptors (Lipinski definition) is 6. The van der Waals surface area contributed by atoms with Crippen LogP contribution >= 0.6 is 0 Å². The van der Waals surface area contributed by atoms with Gasteiger partial charge < -0.3 is 9.80 Å². The van der Waals surface area contributed by atoms with E-state index in [1.165, 1.54) is 19.6 Å². The Morgan fingerprint density at radius 1 is 0.455 bits per heavy atom. The highest BCUT2D eigenvalue weighted by Crippen LogP contribution is 2.36. The molecule has 6 aliphatic rings. The van der Waals surface area contributed by atoms with Crippen LogP contribution in [-0.4, -0.2) is 91.3 Å². The average molecular weight is 611 g/mol.